The van der Waals surface area contributed by atoms with Gasteiger partial charge in [0.05, 0.1) is 16.1 Å². The molecule has 4 rings (SSSR count). The fraction of sp³-hybridized carbons (Fsp3) is 0.0556. The molecule has 0 saturated carbocycles. The van der Waals surface area contributed by atoms with Crippen LogP contribution in [0.15, 0.2) is 57.1 Å². The minimum absolute atomic E-state index is 0.0519. The van der Waals surface area contributed by atoms with E-state index in [0.717, 1.165) is 22.2 Å². The number of benzene rings is 1. The normalized spacial score (nSPS) is 10.9. The first-order chi connectivity index (χ1) is 14.0. The van der Waals surface area contributed by atoms with E-state index in [4.69, 9.17) is 0 Å². The topological polar surface area (TPSA) is 118 Å². The SMILES string of the molecule is O=C(CSc1nc2scc(-c3cccs3)c2c(=O)[nH]1)Nc1ccccc1[N+](=O)[O-]. The molecule has 0 aliphatic carbocycles. The third kappa shape index (κ3) is 4.06. The number of fused-ring (bicyclic) bond motifs is 1. The number of para-hydroxylation sites is 2. The molecule has 0 spiro atoms. The van der Waals surface area contributed by atoms with Gasteiger partial charge in [-0.05, 0) is 17.5 Å². The van der Waals surface area contributed by atoms with E-state index in [-0.39, 0.29) is 22.7 Å². The van der Waals surface area contributed by atoms with E-state index in [0.29, 0.717) is 15.4 Å². The van der Waals surface area contributed by atoms with Crippen molar-refractivity contribution in [1.29, 1.82) is 0 Å². The molecule has 146 valence electrons. The summed E-state index contributed by atoms with van der Waals surface area (Å²) in [4.78, 5) is 44.0. The maximum atomic E-state index is 12.6. The average Bonchev–Trinajstić information content (AvgIpc) is 3.36. The van der Waals surface area contributed by atoms with Crippen LogP contribution in [0.1, 0.15) is 0 Å². The van der Waals surface area contributed by atoms with Crippen molar-refractivity contribution in [2.24, 2.45) is 0 Å². The van der Waals surface area contributed by atoms with Crippen molar-refractivity contribution in [2.75, 3.05) is 11.1 Å². The number of aromatic amines is 1. The second-order valence-corrected chi connectivity index (χ2v) is 8.56. The Labute approximate surface area is 175 Å². The van der Waals surface area contributed by atoms with Crippen molar-refractivity contribution in [3.05, 3.63) is 67.6 Å². The van der Waals surface area contributed by atoms with Crippen molar-refractivity contribution in [3.63, 3.8) is 0 Å². The van der Waals surface area contributed by atoms with Crippen molar-refractivity contribution in [1.82, 2.24) is 9.97 Å². The molecule has 3 heterocycles. The van der Waals surface area contributed by atoms with Crippen LogP contribution in [0.5, 0.6) is 0 Å². The molecular weight excluding hydrogens is 432 g/mol. The second kappa shape index (κ2) is 8.15. The minimum atomic E-state index is -0.558. The van der Waals surface area contributed by atoms with Crippen LogP contribution >= 0.6 is 34.4 Å². The Kier molecular flexibility index (Phi) is 5.43. The van der Waals surface area contributed by atoms with Crippen LogP contribution < -0.4 is 10.9 Å². The molecular formula is C18H12N4O4S3. The van der Waals surface area contributed by atoms with Crippen molar-refractivity contribution >= 4 is 61.9 Å². The fourth-order valence-corrected chi connectivity index (χ4v) is 5.15. The van der Waals surface area contributed by atoms with Gasteiger partial charge in [0.1, 0.15) is 10.5 Å². The van der Waals surface area contributed by atoms with Gasteiger partial charge >= 0.3 is 0 Å². The summed E-state index contributed by atoms with van der Waals surface area (Å²) in [6.45, 7) is 0. The summed E-state index contributed by atoms with van der Waals surface area (Å²) < 4.78 is 0. The molecule has 1 amide bonds. The molecule has 0 bridgehead atoms. The second-order valence-electron chi connectivity index (χ2n) is 5.79. The number of amides is 1. The van der Waals surface area contributed by atoms with Crippen LogP contribution in [0.2, 0.25) is 0 Å². The van der Waals surface area contributed by atoms with E-state index in [1.807, 2.05) is 22.9 Å². The van der Waals surface area contributed by atoms with E-state index >= 15 is 0 Å². The molecule has 0 unspecified atom stereocenters. The number of nitrogens with one attached hydrogen (secondary N) is 2. The van der Waals surface area contributed by atoms with Crippen molar-refractivity contribution in [3.8, 4) is 10.4 Å². The summed E-state index contributed by atoms with van der Waals surface area (Å²) in [6, 6.07) is 9.78. The summed E-state index contributed by atoms with van der Waals surface area (Å²) in [6.07, 6.45) is 0. The number of nitro benzene ring substituents is 1. The predicted octanol–water partition coefficient (Wildman–Crippen LogP) is 4.35. The molecule has 0 saturated heterocycles. The number of aromatic nitrogens is 2. The first-order valence-electron chi connectivity index (χ1n) is 8.24. The number of nitro groups is 1. The lowest BCUT2D eigenvalue weighted by atomic mass is 10.2. The molecule has 29 heavy (non-hydrogen) atoms. The standard InChI is InChI=1S/C18H12N4O4S3/c23-14(19-11-4-1-2-5-12(11)22(25)26)9-29-18-20-16(24)15-10(8-28-17(15)21-18)13-6-3-7-27-13/h1-8H,9H2,(H,19,23)(H,20,21,24). The molecule has 11 heteroatoms. The Morgan fingerprint density at radius 2 is 2.07 bits per heavy atom. The molecule has 0 atom stereocenters. The Morgan fingerprint density at radius 3 is 2.83 bits per heavy atom. The van der Waals surface area contributed by atoms with Gasteiger partial charge in [0.15, 0.2) is 5.16 Å². The van der Waals surface area contributed by atoms with Crippen LogP contribution in [-0.2, 0) is 4.79 Å². The van der Waals surface area contributed by atoms with E-state index in [1.54, 1.807) is 17.4 Å². The highest BCUT2D eigenvalue weighted by atomic mass is 32.2. The maximum absolute atomic E-state index is 12.6. The third-order valence-electron chi connectivity index (χ3n) is 3.92. The largest absolute Gasteiger partial charge is 0.320 e. The molecule has 0 fully saturated rings. The molecule has 4 aromatic rings. The number of thioether (sulfide) groups is 1. The quantitative estimate of drug-likeness (QED) is 0.198. The Balaban J connectivity index is 1.50. The zero-order chi connectivity index (χ0) is 20.4. The molecule has 0 aliphatic rings. The zero-order valence-electron chi connectivity index (χ0n) is 14.6. The van der Waals surface area contributed by atoms with Crippen LogP contribution in [0.25, 0.3) is 20.7 Å². The van der Waals surface area contributed by atoms with Crippen LogP contribution in [0, 0.1) is 10.1 Å². The maximum Gasteiger partial charge on any atom is 0.292 e. The molecule has 1 aromatic carbocycles. The van der Waals surface area contributed by atoms with Crippen LogP contribution in [0.4, 0.5) is 11.4 Å². The summed E-state index contributed by atoms with van der Waals surface area (Å²) in [5.41, 5.74) is 0.526. The van der Waals surface area contributed by atoms with Crippen LogP contribution in [0.3, 0.4) is 0 Å². The predicted molar refractivity (Wildman–Crippen MR) is 116 cm³/mol. The Morgan fingerprint density at radius 1 is 1.24 bits per heavy atom. The summed E-state index contributed by atoms with van der Waals surface area (Å²) in [5.74, 6) is -0.485. The van der Waals surface area contributed by atoms with E-state index in [9.17, 15) is 19.7 Å². The Bertz CT molecular complexity index is 1260. The van der Waals surface area contributed by atoms with Gasteiger partial charge in [0.2, 0.25) is 5.91 Å². The average molecular weight is 445 g/mol. The van der Waals surface area contributed by atoms with Gasteiger partial charge in [-0.2, -0.15) is 0 Å². The highest BCUT2D eigenvalue weighted by Gasteiger charge is 2.17. The molecule has 8 nitrogen and oxygen atoms in total. The lowest BCUT2D eigenvalue weighted by Crippen LogP contribution is -2.16. The lowest BCUT2D eigenvalue weighted by molar-refractivity contribution is -0.383. The molecule has 0 radical (unpaired) electrons. The third-order valence-corrected chi connectivity index (χ3v) is 6.57. The number of carbonyl (C=O) groups is 1. The van der Waals surface area contributed by atoms with E-state index < -0.39 is 10.8 Å². The lowest BCUT2D eigenvalue weighted by Gasteiger charge is -2.05. The van der Waals surface area contributed by atoms with Crippen molar-refractivity contribution < 1.29 is 9.72 Å². The first kappa shape index (κ1) is 19.3. The first-order valence-corrected chi connectivity index (χ1v) is 11.0. The van der Waals surface area contributed by atoms with Gasteiger partial charge in [0, 0.05) is 21.9 Å². The van der Waals surface area contributed by atoms with Gasteiger partial charge in [-0.1, -0.05) is 30.0 Å². The van der Waals surface area contributed by atoms with Crippen LogP contribution in [-0.4, -0.2) is 26.6 Å². The number of carbonyl (C=O) groups excluding carboxylic acids is 1. The number of anilines is 1. The number of hydrogen-bond acceptors (Lipinski definition) is 8. The molecule has 0 aliphatic heterocycles. The van der Waals surface area contributed by atoms with Gasteiger partial charge in [-0.3, -0.25) is 19.7 Å². The van der Waals surface area contributed by atoms with Gasteiger partial charge in [0.25, 0.3) is 11.2 Å². The molecule has 2 N–H and O–H groups in total. The van der Waals surface area contributed by atoms with E-state index in [1.165, 1.54) is 29.5 Å². The summed E-state index contributed by atoms with van der Waals surface area (Å²) in [5, 5.41) is 18.2. The highest BCUT2D eigenvalue weighted by molar-refractivity contribution is 7.99. The number of H-pyrrole nitrogens is 1. The smallest absolute Gasteiger partial charge is 0.292 e. The van der Waals surface area contributed by atoms with Gasteiger partial charge in [-0.15, -0.1) is 22.7 Å². The highest BCUT2D eigenvalue weighted by Crippen LogP contribution is 2.34. The number of thiophene rings is 2. The summed E-state index contributed by atoms with van der Waals surface area (Å²) in [7, 11) is 0. The number of hydrogen-bond donors (Lipinski definition) is 2. The number of rotatable bonds is 6. The van der Waals surface area contributed by atoms with Gasteiger partial charge < -0.3 is 10.3 Å². The minimum Gasteiger partial charge on any atom is -0.320 e. The monoisotopic (exact) mass is 444 g/mol. The fourth-order valence-electron chi connectivity index (χ4n) is 2.67. The molecule has 3 aromatic heterocycles. The summed E-state index contributed by atoms with van der Waals surface area (Å²) >= 11 is 3.97. The van der Waals surface area contributed by atoms with Gasteiger partial charge in [-0.25, -0.2) is 4.98 Å². The zero-order valence-corrected chi connectivity index (χ0v) is 17.0. The van der Waals surface area contributed by atoms with E-state index in [2.05, 4.69) is 15.3 Å². The Hall–Kier alpha value is -3.02. The number of nitrogens with zero attached hydrogens (tertiary/aromatic N) is 2. The van der Waals surface area contributed by atoms with Crippen molar-refractivity contribution in [2.45, 2.75) is 5.16 Å².